The first kappa shape index (κ1) is 16.3. The van der Waals surface area contributed by atoms with Crippen LogP contribution in [-0.4, -0.2) is 25.8 Å². The maximum atomic E-state index is 12.5. The molecule has 1 aromatic rings. The average Bonchev–Trinajstić information content (AvgIpc) is 2.46. The van der Waals surface area contributed by atoms with E-state index in [4.69, 9.17) is 4.74 Å². The van der Waals surface area contributed by atoms with Gasteiger partial charge in [-0.1, -0.05) is 19.1 Å². The van der Waals surface area contributed by atoms with Crippen LogP contribution in [0.3, 0.4) is 0 Å². The highest BCUT2D eigenvalue weighted by Crippen LogP contribution is 2.29. The molecule has 1 fully saturated rings. The summed E-state index contributed by atoms with van der Waals surface area (Å²) in [6, 6.07) is 5.87. The third-order valence-corrected chi connectivity index (χ3v) is 3.91. The lowest BCUT2D eigenvalue weighted by Crippen LogP contribution is -2.43. The monoisotopic (exact) mass is 301 g/mol. The Morgan fingerprint density at radius 1 is 1.24 bits per heavy atom. The highest BCUT2D eigenvalue weighted by atomic mass is 19.4. The Hall–Kier alpha value is -1.07. The maximum Gasteiger partial charge on any atom is 0.416 e. The summed E-state index contributed by atoms with van der Waals surface area (Å²) in [5.41, 5.74) is 0.341. The normalized spacial score (nSPS) is 23.2. The van der Waals surface area contributed by atoms with Crippen molar-refractivity contribution in [1.29, 1.82) is 0 Å². The van der Waals surface area contributed by atoms with Crippen LogP contribution in [-0.2, 0) is 17.3 Å². The van der Waals surface area contributed by atoms with Gasteiger partial charge in [0, 0.05) is 18.6 Å². The molecule has 118 valence electrons. The van der Waals surface area contributed by atoms with Crippen LogP contribution in [0.2, 0.25) is 0 Å². The minimum Gasteiger partial charge on any atom is -0.381 e. The van der Waals surface area contributed by atoms with Gasteiger partial charge in [0.2, 0.25) is 0 Å². The SMILES string of the molecule is CCCNC1CCOCC1Cc1ccc(C(F)(F)F)cc1. The molecule has 0 radical (unpaired) electrons. The van der Waals surface area contributed by atoms with Crippen molar-refractivity contribution in [3.63, 3.8) is 0 Å². The Bertz CT molecular complexity index is 430. The highest BCUT2D eigenvalue weighted by molar-refractivity contribution is 5.25. The van der Waals surface area contributed by atoms with Gasteiger partial charge in [0.05, 0.1) is 12.2 Å². The van der Waals surface area contributed by atoms with Crippen LogP contribution in [0, 0.1) is 5.92 Å². The molecule has 2 atom stereocenters. The second-order valence-electron chi connectivity index (χ2n) is 5.58. The molecule has 2 rings (SSSR count). The second-order valence-corrected chi connectivity index (χ2v) is 5.58. The van der Waals surface area contributed by atoms with Gasteiger partial charge in [-0.05, 0) is 43.5 Å². The summed E-state index contributed by atoms with van der Waals surface area (Å²) in [5.74, 6) is 0.321. The second kappa shape index (κ2) is 7.27. The first-order valence-electron chi connectivity index (χ1n) is 7.48. The van der Waals surface area contributed by atoms with E-state index < -0.39 is 11.7 Å². The molecule has 0 amide bonds. The van der Waals surface area contributed by atoms with Crippen molar-refractivity contribution >= 4 is 0 Å². The largest absolute Gasteiger partial charge is 0.416 e. The number of ether oxygens (including phenoxy) is 1. The van der Waals surface area contributed by atoms with Gasteiger partial charge < -0.3 is 10.1 Å². The molecule has 5 heteroatoms. The molecule has 21 heavy (non-hydrogen) atoms. The Morgan fingerprint density at radius 2 is 1.95 bits per heavy atom. The van der Waals surface area contributed by atoms with E-state index in [9.17, 15) is 13.2 Å². The van der Waals surface area contributed by atoms with Crippen molar-refractivity contribution in [2.24, 2.45) is 5.92 Å². The Morgan fingerprint density at radius 3 is 2.57 bits per heavy atom. The van der Waals surface area contributed by atoms with Crippen molar-refractivity contribution in [1.82, 2.24) is 5.32 Å². The van der Waals surface area contributed by atoms with E-state index in [1.54, 1.807) is 12.1 Å². The standard InChI is InChI=1S/C16H22F3NO/c1-2-8-20-15-7-9-21-11-13(15)10-12-3-5-14(6-4-12)16(17,18)19/h3-6,13,15,20H,2,7-11H2,1H3. The molecule has 2 nitrogen and oxygen atoms in total. The Labute approximate surface area is 123 Å². The summed E-state index contributed by atoms with van der Waals surface area (Å²) < 4.78 is 43.2. The van der Waals surface area contributed by atoms with Gasteiger partial charge in [-0.2, -0.15) is 13.2 Å². The lowest BCUT2D eigenvalue weighted by molar-refractivity contribution is -0.137. The molecule has 1 heterocycles. The smallest absolute Gasteiger partial charge is 0.381 e. The summed E-state index contributed by atoms with van der Waals surface area (Å²) >= 11 is 0. The van der Waals surface area contributed by atoms with E-state index >= 15 is 0 Å². The molecule has 1 aromatic carbocycles. The molecule has 0 spiro atoms. The van der Waals surface area contributed by atoms with Crippen molar-refractivity contribution in [2.45, 2.75) is 38.4 Å². The summed E-state index contributed by atoms with van der Waals surface area (Å²) in [6.07, 6.45) is -1.48. The van der Waals surface area contributed by atoms with Gasteiger partial charge in [0.15, 0.2) is 0 Å². The van der Waals surface area contributed by atoms with Crippen LogP contribution in [0.5, 0.6) is 0 Å². The van der Waals surface area contributed by atoms with E-state index in [0.29, 0.717) is 18.6 Å². The molecule has 0 saturated carbocycles. The van der Waals surface area contributed by atoms with Gasteiger partial charge in [-0.25, -0.2) is 0 Å². The summed E-state index contributed by atoms with van der Waals surface area (Å²) in [6.45, 7) is 4.51. The third-order valence-electron chi connectivity index (χ3n) is 3.91. The summed E-state index contributed by atoms with van der Waals surface area (Å²) in [5, 5.41) is 3.52. The number of hydrogen-bond acceptors (Lipinski definition) is 2. The number of benzene rings is 1. The molecule has 1 aliphatic heterocycles. The predicted octanol–water partition coefficient (Wildman–Crippen LogP) is 3.65. The topological polar surface area (TPSA) is 21.3 Å². The van der Waals surface area contributed by atoms with E-state index in [1.807, 2.05) is 0 Å². The first-order valence-corrected chi connectivity index (χ1v) is 7.48. The van der Waals surface area contributed by atoms with Crippen molar-refractivity contribution in [3.8, 4) is 0 Å². The Balaban J connectivity index is 1.98. The van der Waals surface area contributed by atoms with E-state index in [2.05, 4.69) is 12.2 Å². The maximum absolute atomic E-state index is 12.5. The molecule has 2 unspecified atom stereocenters. The van der Waals surface area contributed by atoms with Gasteiger partial charge in [0.1, 0.15) is 0 Å². The molecule has 1 saturated heterocycles. The number of halogens is 3. The fourth-order valence-corrected chi connectivity index (χ4v) is 2.73. The van der Waals surface area contributed by atoms with Gasteiger partial charge in [-0.15, -0.1) is 0 Å². The number of nitrogens with one attached hydrogen (secondary N) is 1. The molecule has 1 N–H and O–H groups in total. The molecular formula is C16H22F3NO. The summed E-state index contributed by atoms with van der Waals surface area (Å²) in [7, 11) is 0. The zero-order valence-electron chi connectivity index (χ0n) is 12.2. The average molecular weight is 301 g/mol. The molecule has 1 aliphatic rings. The van der Waals surface area contributed by atoms with Crippen LogP contribution < -0.4 is 5.32 Å². The minimum absolute atomic E-state index is 0.321. The van der Waals surface area contributed by atoms with E-state index in [0.717, 1.165) is 50.1 Å². The van der Waals surface area contributed by atoms with Crippen LogP contribution in [0.25, 0.3) is 0 Å². The molecule has 0 aromatic heterocycles. The van der Waals surface area contributed by atoms with Gasteiger partial charge >= 0.3 is 6.18 Å². The fraction of sp³-hybridized carbons (Fsp3) is 0.625. The van der Waals surface area contributed by atoms with Crippen LogP contribution in [0.4, 0.5) is 13.2 Å². The lowest BCUT2D eigenvalue weighted by atomic mass is 9.89. The number of alkyl halides is 3. The van der Waals surface area contributed by atoms with E-state index in [1.165, 1.54) is 0 Å². The third kappa shape index (κ3) is 4.71. The zero-order valence-corrected chi connectivity index (χ0v) is 12.2. The fourth-order valence-electron chi connectivity index (χ4n) is 2.73. The van der Waals surface area contributed by atoms with Crippen molar-refractivity contribution < 1.29 is 17.9 Å². The molecule has 0 bridgehead atoms. The summed E-state index contributed by atoms with van der Waals surface area (Å²) in [4.78, 5) is 0. The number of rotatable bonds is 5. The van der Waals surface area contributed by atoms with Crippen LogP contribution in [0.15, 0.2) is 24.3 Å². The van der Waals surface area contributed by atoms with Gasteiger partial charge in [0.25, 0.3) is 0 Å². The minimum atomic E-state index is -4.27. The lowest BCUT2D eigenvalue weighted by Gasteiger charge is -2.32. The quantitative estimate of drug-likeness (QED) is 0.896. The predicted molar refractivity (Wildman–Crippen MR) is 76.2 cm³/mol. The van der Waals surface area contributed by atoms with Gasteiger partial charge in [-0.3, -0.25) is 0 Å². The van der Waals surface area contributed by atoms with Crippen molar-refractivity contribution in [2.75, 3.05) is 19.8 Å². The van der Waals surface area contributed by atoms with Crippen LogP contribution in [0.1, 0.15) is 30.9 Å². The first-order chi connectivity index (χ1) is 10.0. The van der Waals surface area contributed by atoms with E-state index in [-0.39, 0.29) is 0 Å². The Kier molecular flexibility index (Phi) is 5.65. The van der Waals surface area contributed by atoms with Crippen molar-refractivity contribution in [3.05, 3.63) is 35.4 Å². The molecule has 0 aliphatic carbocycles. The highest BCUT2D eigenvalue weighted by Gasteiger charge is 2.30. The zero-order chi connectivity index (χ0) is 15.3. The molecular weight excluding hydrogens is 279 g/mol. The number of hydrogen-bond donors (Lipinski definition) is 1. The van der Waals surface area contributed by atoms with Crippen LogP contribution >= 0.6 is 0 Å².